The Bertz CT molecular complexity index is 827. The van der Waals surface area contributed by atoms with E-state index in [0.717, 1.165) is 35.0 Å². The fraction of sp³-hybridized carbons (Fsp3) is 0.381. The van der Waals surface area contributed by atoms with Crippen LogP contribution in [-0.2, 0) is 22.3 Å². The van der Waals surface area contributed by atoms with Crippen molar-refractivity contribution in [2.24, 2.45) is 0 Å². The second kappa shape index (κ2) is 12.3. The first-order valence-corrected chi connectivity index (χ1v) is 12.3. The number of halogens is 1. The molecular formula is C21H28BrN2O4P. The highest BCUT2D eigenvalue weighted by Gasteiger charge is 2.11. The van der Waals surface area contributed by atoms with Crippen molar-refractivity contribution in [3.63, 3.8) is 0 Å². The largest absolute Gasteiger partial charge is 0.325 e. The molecule has 0 bridgehead atoms. The molecule has 158 valence electrons. The second-order valence-electron chi connectivity index (χ2n) is 6.97. The van der Waals surface area contributed by atoms with E-state index < -0.39 is 7.60 Å². The maximum Gasteiger partial charge on any atom is 0.325 e. The molecule has 0 atom stereocenters. The molecule has 4 N–H and O–H groups in total. The predicted octanol–water partition coefficient (Wildman–Crippen LogP) is 4.46. The van der Waals surface area contributed by atoms with Gasteiger partial charge < -0.3 is 20.4 Å². The van der Waals surface area contributed by atoms with Gasteiger partial charge in [0.25, 0.3) is 0 Å². The lowest BCUT2D eigenvalue weighted by Crippen LogP contribution is -2.16. The Morgan fingerprint density at radius 1 is 1.00 bits per heavy atom. The third-order valence-electron chi connectivity index (χ3n) is 4.40. The summed E-state index contributed by atoms with van der Waals surface area (Å²) in [5.74, 6) is 0.00192. The standard InChI is InChI=1S/C21H28BrN2O4P/c22-19-15-18(16-23-13-6-14-29(26,27)28)11-12-20(19)24-21(25)10-5-4-9-17-7-2-1-3-8-17/h1-3,7-8,11-12,15,23H,4-6,9-10,13-14,16H2,(H,24,25)(H2,26,27,28). The van der Waals surface area contributed by atoms with Gasteiger partial charge in [0.15, 0.2) is 0 Å². The first kappa shape index (κ1) is 23.8. The average Bonchev–Trinajstić information content (AvgIpc) is 2.67. The van der Waals surface area contributed by atoms with E-state index >= 15 is 0 Å². The lowest BCUT2D eigenvalue weighted by atomic mass is 10.1. The zero-order valence-corrected chi connectivity index (χ0v) is 18.8. The van der Waals surface area contributed by atoms with Gasteiger partial charge in [-0.05, 0) is 71.4 Å². The first-order valence-electron chi connectivity index (χ1n) is 9.71. The number of unbranched alkanes of at least 4 members (excludes halogenated alkanes) is 1. The van der Waals surface area contributed by atoms with E-state index in [1.54, 1.807) is 0 Å². The Hall–Kier alpha value is -1.50. The van der Waals surface area contributed by atoms with Gasteiger partial charge in [0, 0.05) is 17.4 Å². The molecule has 0 fully saturated rings. The van der Waals surface area contributed by atoms with E-state index in [4.69, 9.17) is 9.79 Å². The Labute approximate surface area is 180 Å². The molecule has 2 rings (SSSR count). The molecule has 0 saturated heterocycles. The quantitative estimate of drug-likeness (QED) is 0.264. The maximum atomic E-state index is 12.2. The highest BCUT2D eigenvalue weighted by Crippen LogP contribution is 2.34. The minimum absolute atomic E-state index is 0.00192. The van der Waals surface area contributed by atoms with Crippen LogP contribution in [0.2, 0.25) is 0 Å². The van der Waals surface area contributed by atoms with E-state index in [1.807, 2.05) is 36.4 Å². The smallest absolute Gasteiger partial charge is 0.325 e. The zero-order valence-electron chi connectivity index (χ0n) is 16.3. The van der Waals surface area contributed by atoms with Gasteiger partial charge in [-0.15, -0.1) is 0 Å². The summed E-state index contributed by atoms with van der Waals surface area (Å²) >= 11 is 3.49. The van der Waals surface area contributed by atoms with Crippen LogP contribution in [0.4, 0.5) is 5.69 Å². The van der Waals surface area contributed by atoms with Crippen LogP contribution in [-0.4, -0.2) is 28.4 Å². The van der Waals surface area contributed by atoms with Crippen molar-refractivity contribution in [3.8, 4) is 0 Å². The molecular weight excluding hydrogens is 455 g/mol. The number of aryl methyl sites for hydroxylation is 1. The van der Waals surface area contributed by atoms with E-state index in [0.29, 0.717) is 25.9 Å². The van der Waals surface area contributed by atoms with Crippen LogP contribution in [0.3, 0.4) is 0 Å². The molecule has 0 radical (unpaired) electrons. The number of hydrogen-bond acceptors (Lipinski definition) is 3. The SMILES string of the molecule is O=C(CCCCc1ccccc1)Nc1ccc(CNCCCP(=O)(O)O)cc1Br. The third kappa shape index (κ3) is 10.2. The highest BCUT2D eigenvalue weighted by atomic mass is 79.9. The number of nitrogens with one attached hydrogen (secondary N) is 2. The van der Waals surface area contributed by atoms with Crippen LogP contribution in [0.25, 0.3) is 0 Å². The monoisotopic (exact) mass is 482 g/mol. The molecule has 29 heavy (non-hydrogen) atoms. The number of carbonyl (C=O) groups is 1. The first-order chi connectivity index (χ1) is 13.8. The van der Waals surface area contributed by atoms with Gasteiger partial charge in [-0.1, -0.05) is 36.4 Å². The van der Waals surface area contributed by atoms with E-state index in [-0.39, 0.29) is 12.1 Å². The number of hydrogen-bond donors (Lipinski definition) is 4. The van der Waals surface area contributed by atoms with Crippen LogP contribution in [0.5, 0.6) is 0 Å². The van der Waals surface area contributed by atoms with Crippen molar-refractivity contribution < 1.29 is 19.1 Å². The molecule has 6 nitrogen and oxygen atoms in total. The van der Waals surface area contributed by atoms with E-state index in [1.165, 1.54) is 5.56 Å². The molecule has 0 heterocycles. The molecule has 0 unspecified atom stereocenters. The minimum atomic E-state index is -3.92. The number of amides is 1. The average molecular weight is 483 g/mol. The molecule has 8 heteroatoms. The third-order valence-corrected chi connectivity index (χ3v) is 5.96. The number of benzene rings is 2. The minimum Gasteiger partial charge on any atom is -0.325 e. The summed E-state index contributed by atoms with van der Waals surface area (Å²) in [6.45, 7) is 1.12. The Morgan fingerprint density at radius 3 is 2.45 bits per heavy atom. The molecule has 2 aromatic carbocycles. The molecule has 2 aromatic rings. The van der Waals surface area contributed by atoms with E-state index in [9.17, 15) is 9.36 Å². The molecule has 1 amide bonds. The summed E-state index contributed by atoms with van der Waals surface area (Å²) in [4.78, 5) is 29.8. The van der Waals surface area contributed by atoms with Gasteiger partial charge in [-0.2, -0.15) is 0 Å². The number of carbonyl (C=O) groups excluding carboxylic acids is 1. The van der Waals surface area contributed by atoms with Crippen LogP contribution in [0, 0.1) is 0 Å². The topological polar surface area (TPSA) is 98.7 Å². The van der Waals surface area contributed by atoms with Crippen LogP contribution < -0.4 is 10.6 Å². The molecule has 0 aromatic heterocycles. The highest BCUT2D eigenvalue weighted by molar-refractivity contribution is 9.10. The van der Waals surface area contributed by atoms with Crippen molar-refractivity contribution in [2.75, 3.05) is 18.0 Å². The predicted molar refractivity (Wildman–Crippen MR) is 120 cm³/mol. The summed E-state index contributed by atoms with van der Waals surface area (Å²) in [5, 5.41) is 6.09. The number of anilines is 1. The van der Waals surface area contributed by atoms with Gasteiger partial charge in [0.2, 0.25) is 5.91 Å². The molecule has 0 aliphatic carbocycles. The van der Waals surface area contributed by atoms with Crippen LogP contribution in [0.15, 0.2) is 53.0 Å². The van der Waals surface area contributed by atoms with Gasteiger partial charge in [0.05, 0.1) is 11.8 Å². The molecule has 0 saturated carbocycles. The molecule has 0 spiro atoms. The van der Waals surface area contributed by atoms with Crippen molar-refractivity contribution in [1.29, 1.82) is 0 Å². The lowest BCUT2D eigenvalue weighted by Gasteiger charge is -2.10. The lowest BCUT2D eigenvalue weighted by molar-refractivity contribution is -0.116. The Balaban J connectivity index is 1.68. The van der Waals surface area contributed by atoms with Gasteiger partial charge in [-0.25, -0.2) is 0 Å². The van der Waals surface area contributed by atoms with Crippen molar-refractivity contribution in [2.45, 2.75) is 38.6 Å². The van der Waals surface area contributed by atoms with Crippen molar-refractivity contribution in [3.05, 3.63) is 64.1 Å². The van der Waals surface area contributed by atoms with Crippen molar-refractivity contribution >= 4 is 35.1 Å². The maximum absolute atomic E-state index is 12.2. The summed E-state index contributed by atoms with van der Waals surface area (Å²) < 4.78 is 11.6. The Morgan fingerprint density at radius 2 is 1.76 bits per heavy atom. The molecule has 0 aliphatic heterocycles. The summed E-state index contributed by atoms with van der Waals surface area (Å²) in [7, 11) is -3.92. The van der Waals surface area contributed by atoms with Crippen molar-refractivity contribution in [1.82, 2.24) is 5.32 Å². The zero-order chi connectivity index (χ0) is 21.1. The molecule has 0 aliphatic rings. The number of rotatable bonds is 12. The Kier molecular flexibility index (Phi) is 10.0. The van der Waals surface area contributed by atoms with Gasteiger partial charge in [0.1, 0.15) is 0 Å². The second-order valence-corrected chi connectivity index (χ2v) is 9.60. The van der Waals surface area contributed by atoms with E-state index in [2.05, 4.69) is 38.7 Å². The van der Waals surface area contributed by atoms with Gasteiger partial charge >= 0.3 is 7.60 Å². The van der Waals surface area contributed by atoms with Gasteiger partial charge in [-0.3, -0.25) is 9.36 Å². The van der Waals surface area contributed by atoms with Crippen LogP contribution in [0.1, 0.15) is 36.8 Å². The fourth-order valence-corrected chi connectivity index (χ4v) is 3.98. The fourth-order valence-electron chi connectivity index (χ4n) is 2.88. The summed E-state index contributed by atoms with van der Waals surface area (Å²) in [6.07, 6.45) is 3.60. The summed E-state index contributed by atoms with van der Waals surface area (Å²) in [6, 6.07) is 16.0. The normalized spacial score (nSPS) is 11.4. The summed E-state index contributed by atoms with van der Waals surface area (Å²) in [5.41, 5.74) is 3.05. The van der Waals surface area contributed by atoms with Crippen LogP contribution >= 0.6 is 23.5 Å².